The molecule has 3 aromatic rings. The number of anilines is 1. The molecule has 3 N–H and O–H groups in total. The summed E-state index contributed by atoms with van der Waals surface area (Å²) in [6.45, 7) is 0. The lowest BCUT2D eigenvalue weighted by molar-refractivity contribution is 0.415. The van der Waals surface area contributed by atoms with E-state index in [1.165, 1.54) is 5.56 Å². The van der Waals surface area contributed by atoms with Gasteiger partial charge in [0, 0.05) is 16.7 Å². The van der Waals surface area contributed by atoms with Crippen LogP contribution in [-0.2, 0) is 12.8 Å². The summed E-state index contributed by atoms with van der Waals surface area (Å²) in [6, 6.07) is 16.2. The smallest absolute Gasteiger partial charge is 0.230 e. The van der Waals surface area contributed by atoms with E-state index in [1.54, 1.807) is 7.11 Å². The number of hydrogen-bond acceptors (Lipinski definition) is 4. The molecular weight excluding hydrogens is 344 g/mol. The first-order valence-corrected chi connectivity index (χ1v) is 8.76. The third-order valence-electron chi connectivity index (χ3n) is 4.50. The molecule has 5 nitrogen and oxygen atoms in total. The van der Waals surface area contributed by atoms with E-state index in [0.29, 0.717) is 5.95 Å². The van der Waals surface area contributed by atoms with E-state index in [4.69, 9.17) is 32.7 Å². The summed E-state index contributed by atoms with van der Waals surface area (Å²) in [7, 11) is 1.66. The van der Waals surface area contributed by atoms with Gasteiger partial charge in [0.05, 0.1) is 18.5 Å². The van der Waals surface area contributed by atoms with Crippen molar-refractivity contribution in [2.24, 2.45) is 5.73 Å². The highest BCUT2D eigenvalue weighted by molar-refractivity contribution is 7.80. The quantitative estimate of drug-likeness (QED) is 0.694. The van der Waals surface area contributed by atoms with Crippen molar-refractivity contribution in [1.29, 1.82) is 0 Å². The lowest BCUT2D eigenvalue weighted by Gasteiger charge is -2.22. The number of nitrogens with two attached hydrogens (primary N) is 1. The Morgan fingerprint density at radius 1 is 1.08 bits per heavy atom. The summed E-state index contributed by atoms with van der Waals surface area (Å²) in [5, 5.41) is 3.02. The number of hydrogen-bond donors (Lipinski definition) is 2. The number of methoxy groups -OCH3 is 1. The molecule has 0 fully saturated rings. The second-order valence-corrected chi connectivity index (χ2v) is 6.54. The fourth-order valence-corrected chi connectivity index (χ4v) is 3.44. The van der Waals surface area contributed by atoms with Gasteiger partial charge in [-0.05, 0) is 42.8 Å². The number of thiocarbonyl (C=S) groups is 1. The SMILES string of the molecule is COc1cccc(-c2nc(NC(N)=S)nc3c2CCc2ccccc2-3)c1. The molecule has 1 aliphatic carbocycles. The Morgan fingerprint density at radius 3 is 2.69 bits per heavy atom. The molecule has 6 heteroatoms. The van der Waals surface area contributed by atoms with E-state index in [9.17, 15) is 0 Å². The molecule has 1 aliphatic rings. The van der Waals surface area contributed by atoms with Crippen LogP contribution in [0.2, 0.25) is 0 Å². The lowest BCUT2D eigenvalue weighted by atomic mass is 9.87. The molecule has 0 atom stereocenters. The van der Waals surface area contributed by atoms with Gasteiger partial charge in [0.1, 0.15) is 5.75 Å². The van der Waals surface area contributed by atoms with Crippen LogP contribution in [0.5, 0.6) is 5.75 Å². The molecule has 130 valence electrons. The molecule has 1 aromatic heterocycles. The van der Waals surface area contributed by atoms with Crippen molar-refractivity contribution in [3.8, 4) is 28.3 Å². The number of nitrogens with zero attached hydrogens (tertiary/aromatic N) is 2. The Hall–Kier alpha value is -2.99. The lowest BCUT2D eigenvalue weighted by Crippen LogP contribution is -2.22. The van der Waals surface area contributed by atoms with Crippen molar-refractivity contribution in [3.05, 3.63) is 59.7 Å². The van der Waals surface area contributed by atoms with Crippen LogP contribution in [0.1, 0.15) is 11.1 Å². The minimum absolute atomic E-state index is 0.144. The number of fused-ring (bicyclic) bond motifs is 3. The van der Waals surface area contributed by atoms with E-state index in [2.05, 4.69) is 23.5 Å². The summed E-state index contributed by atoms with van der Waals surface area (Å²) in [4.78, 5) is 9.40. The van der Waals surface area contributed by atoms with Crippen LogP contribution < -0.4 is 15.8 Å². The molecule has 0 saturated heterocycles. The van der Waals surface area contributed by atoms with E-state index < -0.39 is 0 Å². The predicted molar refractivity (Wildman–Crippen MR) is 107 cm³/mol. The van der Waals surface area contributed by atoms with Gasteiger partial charge in [-0.1, -0.05) is 36.4 Å². The van der Waals surface area contributed by atoms with Crippen LogP contribution >= 0.6 is 12.2 Å². The molecule has 26 heavy (non-hydrogen) atoms. The van der Waals surface area contributed by atoms with Crippen LogP contribution in [0.15, 0.2) is 48.5 Å². The van der Waals surface area contributed by atoms with E-state index in [-0.39, 0.29) is 5.11 Å². The van der Waals surface area contributed by atoms with Gasteiger partial charge in [-0.15, -0.1) is 0 Å². The zero-order valence-corrected chi connectivity index (χ0v) is 15.1. The molecular formula is C20H18N4OS. The minimum atomic E-state index is 0.144. The minimum Gasteiger partial charge on any atom is -0.497 e. The van der Waals surface area contributed by atoms with Gasteiger partial charge >= 0.3 is 0 Å². The Morgan fingerprint density at radius 2 is 1.88 bits per heavy atom. The normalized spacial score (nSPS) is 12.0. The van der Waals surface area contributed by atoms with E-state index >= 15 is 0 Å². The molecule has 0 amide bonds. The summed E-state index contributed by atoms with van der Waals surface area (Å²) >= 11 is 4.98. The number of aryl methyl sites for hydroxylation is 1. The number of nitrogens with one attached hydrogen (secondary N) is 1. The van der Waals surface area contributed by atoms with Crippen LogP contribution in [-0.4, -0.2) is 22.2 Å². The van der Waals surface area contributed by atoms with Gasteiger partial charge in [-0.2, -0.15) is 0 Å². The number of rotatable bonds is 3. The van der Waals surface area contributed by atoms with Gasteiger partial charge in [-0.3, -0.25) is 0 Å². The van der Waals surface area contributed by atoms with Gasteiger partial charge < -0.3 is 15.8 Å². The number of aromatic nitrogens is 2. The number of ether oxygens (including phenoxy) is 1. The predicted octanol–water partition coefficient (Wildman–Crippen LogP) is 3.57. The summed E-state index contributed by atoms with van der Waals surface area (Å²) in [5.41, 5.74) is 12.0. The van der Waals surface area contributed by atoms with Crippen molar-refractivity contribution in [3.63, 3.8) is 0 Å². The Balaban J connectivity index is 1.95. The van der Waals surface area contributed by atoms with Gasteiger partial charge in [0.15, 0.2) is 5.11 Å². The molecule has 1 heterocycles. The zero-order valence-electron chi connectivity index (χ0n) is 14.3. The standard InChI is InChI=1S/C20H18N4OS/c1-25-14-7-4-6-13(11-14)17-16-10-9-12-5-2-3-8-15(12)18(16)23-20(22-17)24-19(21)26/h2-8,11H,9-10H2,1H3,(H3,21,22,23,24,26). The van der Waals surface area contributed by atoms with Gasteiger partial charge in [0.25, 0.3) is 0 Å². The summed E-state index contributed by atoms with van der Waals surface area (Å²) in [5.74, 6) is 1.20. The molecule has 0 unspecified atom stereocenters. The molecule has 4 rings (SSSR count). The average molecular weight is 362 g/mol. The highest BCUT2D eigenvalue weighted by Gasteiger charge is 2.23. The van der Waals surface area contributed by atoms with Gasteiger partial charge in [0.2, 0.25) is 5.95 Å². The van der Waals surface area contributed by atoms with Crippen LogP contribution in [0, 0.1) is 0 Å². The first-order valence-electron chi connectivity index (χ1n) is 8.36. The summed E-state index contributed by atoms with van der Waals surface area (Å²) < 4.78 is 5.37. The second kappa shape index (κ2) is 6.72. The van der Waals surface area contributed by atoms with Crippen molar-refractivity contribution in [1.82, 2.24) is 9.97 Å². The molecule has 0 spiro atoms. The van der Waals surface area contributed by atoms with Crippen LogP contribution in [0.4, 0.5) is 5.95 Å². The summed E-state index contributed by atoms with van der Waals surface area (Å²) in [6.07, 6.45) is 1.85. The fourth-order valence-electron chi connectivity index (χ4n) is 3.35. The van der Waals surface area contributed by atoms with E-state index in [0.717, 1.165) is 46.7 Å². The monoisotopic (exact) mass is 362 g/mol. The van der Waals surface area contributed by atoms with E-state index in [1.807, 2.05) is 30.3 Å². The molecule has 0 aliphatic heterocycles. The van der Waals surface area contributed by atoms with Crippen molar-refractivity contribution in [2.75, 3.05) is 12.4 Å². The second-order valence-electron chi connectivity index (χ2n) is 6.10. The maximum absolute atomic E-state index is 5.65. The number of benzene rings is 2. The maximum Gasteiger partial charge on any atom is 0.230 e. The third-order valence-corrected chi connectivity index (χ3v) is 4.60. The fraction of sp³-hybridized carbons (Fsp3) is 0.150. The first kappa shape index (κ1) is 16.5. The van der Waals surface area contributed by atoms with Crippen molar-refractivity contribution in [2.45, 2.75) is 12.8 Å². The topological polar surface area (TPSA) is 73.1 Å². The Bertz CT molecular complexity index is 1000. The zero-order chi connectivity index (χ0) is 18.1. The van der Waals surface area contributed by atoms with Crippen LogP contribution in [0.3, 0.4) is 0 Å². The first-order chi connectivity index (χ1) is 12.7. The highest BCUT2D eigenvalue weighted by atomic mass is 32.1. The Kier molecular flexibility index (Phi) is 4.26. The average Bonchev–Trinajstić information content (AvgIpc) is 2.67. The van der Waals surface area contributed by atoms with Crippen LogP contribution in [0.25, 0.3) is 22.5 Å². The molecule has 0 radical (unpaired) electrons. The highest BCUT2D eigenvalue weighted by Crippen LogP contribution is 2.38. The largest absolute Gasteiger partial charge is 0.497 e. The molecule has 0 bridgehead atoms. The van der Waals surface area contributed by atoms with Gasteiger partial charge in [-0.25, -0.2) is 9.97 Å². The Labute approximate surface area is 157 Å². The molecule has 0 saturated carbocycles. The molecule has 2 aromatic carbocycles. The maximum atomic E-state index is 5.65. The van der Waals surface area contributed by atoms with Crippen molar-refractivity contribution >= 4 is 23.3 Å². The third kappa shape index (κ3) is 2.99. The van der Waals surface area contributed by atoms with Crippen molar-refractivity contribution < 1.29 is 4.74 Å².